The zero-order valence-corrected chi connectivity index (χ0v) is 37.4. The van der Waals surface area contributed by atoms with Crippen molar-refractivity contribution >= 4 is 46.0 Å². The van der Waals surface area contributed by atoms with Gasteiger partial charge >= 0.3 is 0 Å². The molecule has 310 valence electrons. The Morgan fingerprint density at radius 3 is 1.41 bits per heavy atom. The van der Waals surface area contributed by atoms with Gasteiger partial charge < -0.3 is 14.4 Å². The lowest BCUT2D eigenvalue weighted by Crippen LogP contribution is -2.25. The standard InChI is InChI=1S/C52H67NO3S2/c1-5-9-13-17-33-52(34-18-14-10-6-2)47-37-46(39-54)57-50(47)51-48(52)38-49(58-51)40-21-23-41(24-22-40)53(42-25-29-44(30-26-42)55-35-19-15-11-7-3)43-27-31-45(32-28-43)56-36-20-16-12-8-4/h21-32,37-39H,5-20,33-36H2,1-4H3. The van der Waals surface area contributed by atoms with Gasteiger partial charge in [-0.05, 0) is 115 Å². The molecule has 2 aromatic heterocycles. The number of hydrogen-bond donors (Lipinski definition) is 0. The number of ether oxygens (including phenoxy) is 2. The summed E-state index contributed by atoms with van der Waals surface area (Å²) in [6, 6.07) is 31.0. The molecule has 6 rings (SSSR count). The Labute approximate surface area is 358 Å². The summed E-state index contributed by atoms with van der Waals surface area (Å²) < 4.78 is 12.3. The van der Waals surface area contributed by atoms with E-state index in [1.54, 1.807) is 11.3 Å². The second-order valence-electron chi connectivity index (χ2n) is 16.3. The minimum Gasteiger partial charge on any atom is -0.494 e. The number of unbranched alkanes of at least 4 members (excludes halogenated alkanes) is 12. The minimum absolute atomic E-state index is 0.00777. The number of carbonyl (C=O) groups is 1. The van der Waals surface area contributed by atoms with Crippen molar-refractivity contribution in [1.82, 2.24) is 0 Å². The van der Waals surface area contributed by atoms with Gasteiger partial charge in [-0.15, -0.1) is 22.7 Å². The Morgan fingerprint density at radius 2 is 0.948 bits per heavy atom. The van der Waals surface area contributed by atoms with Crippen LogP contribution in [0, 0.1) is 0 Å². The fourth-order valence-corrected chi connectivity index (χ4v) is 11.1. The van der Waals surface area contributed by atoms with Gasteiger partial charge in [-0.25, -0.2) is 0 Å². The van der Waals surface area contributed by atoms with Crippen LogP contribution in [-0.2, 0) is 5.41 Å². The van der Waals surface area contributed by atoms with Crippen molar-refractivity contribution in [1.29, 1.82) is 0 Å². The number of anilines is 3. The molecule has 5 aromatic rings. The molecule has 0 amide bonds. The molecular formula is C52H67NO3S2. The summed E-state index contributed by atoms with van der Waals surface area (Å²) in [5, 5.41) is 0. The maximum absolute atomic E-state index is 12.1. The van der Waals surface area contributed by atoms with E-state index in [2.05, 4.69) is 118 Å². The van der Waals surface area contributed by atoms with Crippen molar-refractivity contribution in [3.8, 4) is 31.7 Å². The van der Waals surface area contributed by atoms with Crippen molar-refractivity contribution in [2.45, 2.75) is 149 Å². The number of carbonyl (C=O) groups excluding carboxylic acids is 1. The third-order valence-corrected chi connectivity index (χ3v) is 14.3. The van der Waals surface area contributed by atoms with E-state index in [1.165, 1.54) is 121 Å². The molecule has 0 unspecified atom stereocenters. The van der Waals surface area contributed by atoms with Crippen molar-refractivity contribution in [2.24, 2.45) is 0 Å². The monoisotopic (exact) mass is 817 g/mol. The molecule has 0 radical (unpaired) electrons. The Balaban J connectivity index is 1.29. The fraction of sp³-hybridized carbons (Fsp3) is 0.481. The second kappa shape index (κ2) is 22.5. The highest BCUT2D eigenvalue weighted by Gasteiger charge is 2.45. The lowest BCUT2D eigenvalue weighted by atomic mass is 9.71. The molecule has 0 saturated carbocycles. The van der Waals surface area contributed by atoms with Crippen molar-refractivity contribution in [3.05, 3.63) is 101 Å². The van der Waals surface area contributed by atoms with E-state index in [0.29, 0.717) is 0 Å². The summed E-state index contributed by atoms with van der Waals surface area (Å²) in [7, 11) is 0. The molecule has 2 heterocycles. The highest BCUT2D eigenvalue weighted by Crippen LogP contribution is 2.60. The summed E-state index contributed by atoms with van der Waals surface area (Å²) in [4.78, 5) is 19.3. The largest absolute Gasteiger partial charge is 0.494 e. The summed E-state index contributed by atoms with van der Waals surface area (Å²) in [6.45, 7) is 10.6. The molecule has 6 heteroatoms. The van der Waals surface area contributed by atoms with E-state index in [1.807, 2.05) is 11.3 Å². The quantitative estimate of drug-likeness (QED) is 0.0391. The lowest BCUT2D eigenvalue weighted by molar-refractivity contribution is 0.112. The van der Waals surface area contributed by atoms with Gasteiger partial charge in [0.15, 0.2) is 6.29 Å². The number of benzene rings is 3. The molecular weight excluding hydrogens is 751 g/mol. The number of rotatable bonds is 27. The third-order valence-electron chi connectivity index (χ3n) is 11.9. The van der Waals surface area contributed by atoms with E-state index in [0.717, 1.165) is 78.6 Å². The highest BCUT2D eigenvalue weighted by molar-refractivity contribution is 7.25. The third kappa shape index (κ3) is 10.8. The summed E-state index contributed by atoms with van der Waals surface area (Å²) in [5.74, 6) is 1.82. The smallest absolute Gasteiger partial charge is 0.160 e. The molecule has 0 saturated heterocycles. The topological polar surface area (TPSA) is 38.8 Å². The molecule has 0 fully saturated rings. The van der Waals surface area contributed by atoms with Gasteiger partial charge in [0.1, 0.15) is 11.5 Å². The van der Waals surface area contributed by atoms with Gasteiger partial charge in [-0.3, -0.25) is 4.79 Å². The molecule has 0 bridgehead atoms. The van der Waals surface area contributed by atoms with Gasteiger partial charge in [-0.2, -0.15) is 0 Å². The average Bonchev–Trinajstić information content (AvgIpc) is 3.95. The minimum atomic E-state index is -0.00777. The zero-order valence-electron chi connectivity index (χ0n) is 35.8. The van der Waals surface area contributed by atoms with Crippen LogP contribution in [0.5, 0.6) is 11.5 Å². The summed E-state index contributed by atoms with van der Waals surface area (Å²) in [6.07, 6.45) is 22.9. The Bertz CT molecular complexity index is 1890. The molecule has 0 spiro atoms. The van der Waals surface area contributed by atoms with Gasteiger partial charge in [0, 0.05) is 37.1 Å². The van der Waals surface area contributed by atoms with Crippen LogP contribution in [0.3, 0.4) is 0 Å². The average molecular weight is 818 g/mol. The van der Waals surface area contributed by atoms with E-state index in [4.69, 9.17) is 9.47 Å². The van der Waals surface area contributed by atoms with E-state index >= 15 is 0 Å². The number of fused-ring (bicyclic) bond motifs is 3. The van der Waals surface area contributed by atoms with E-state index in [-0.39, 0.29) is 5.41 Å². The van der Waals surface area contributed by atoms with E-state index < -0.39 is 0 Å². The maximum Gasteiger partial charge on any atom is 0.160 e. The van der Waals surface area contributed by atoms with Gasteiger partial charge in [0.2, 0.25) is 0 Å². The van der Waals surface area contributed by atoms with Gasteiger partial charge in [-0.1, -0.05) is 130 Å². The number of thiophene rings is 2. The zero-order chi connectivity index (χ0) is 40.6. The molecule has 0 aliphatic heterocycles. The van der Waals surface area contributed by atoms with Crippen LogP contribution in [0.15, 0.2) is 84.9 Å². The normalized spacial score (nSPS) is 12.7. The second-order valence-corrected chi connectivity index (χ2v) is 18.4. The first-order chi connectivity index (χ1) is 28.5. The Morgan fingerprint density at radius 1 is 0.517 bits per heavy atom. The summed E-state index contributed by atoms with van der Waals surface area (Å²) >= 11 is 3.61. The number of nitrogens with zero attached hydrogens (tertiary/aromatic N) is 1. The lowest BCUT2D eigenvalue weighted by Gasteiger charge is -2.31. The molecule has 3 aromatic carbocycles. The van der Waals surface area contributed by atoms with Gasteiger partial charge in [0.25, 0.3) is 0 Å². The fourth-order valence-electron chi connectivity index (χ4n) is 8.61. The van der Waals surface area contributed by atoms with Crippen LogP contribution in [0.4, 0.5) is 17.1 Å². The first kappa shape index (κ1) is 43.7. The van der Waals surface area contributed by atoms with Crippen LogP contribution < -0.4 is 14.4 Å². The van der Waals surface area contributed by atoms with Crippen molar-refractivity contribution in [3.63, 3.8) is 0 Å². The number of aldehydes is 1. The van der Waals surface area contributed by atoms with Crippen LogP contribution in [0.1, 0.15) is 164 Å². The molecule has 4 nitrogen and oxygen atoms in total. The number of hydrogen-bond acceptors (Lipinski definition) is 6. The predicted octanol–water partition coefficient (Wildman–Crippen LogP) is 16.9. The van der Waals surface area contributed by atoms with E-state index in [9.17, 15) is 4.79 Å². The molecule has 0 N–H and O–H groups in total. The highest BCUT2D eigenvalue weighted by atomic mass is 32.1. The first-order valence-electron chi connectivity index (χ1n) is 22.7. The predicted molar refractivity (Wildman–Crippen MR) is 251 cm³/mol. The Kier molecular flexibility index (Phi) is 16.9. The van der Waals surface area contributed by atoms with Crippen molar-refractivity contribution in [2.75, 3.05) is 18.1 Å². The van der Waals surface area contributed by atoms with Crippen LogP contribution >= 0.6 is 22.7 Å². The van der Waals surface area contributed by atoms with Crippen LogP contribution in [0.2, 0.25) is 0 Å². The summed E-state index contributed by atoms with van der Waals surface area (Å²) in [5.41, 5.74) is 7.43. The van der Waals surface area contributed by atoms with Crippen molar-refractivity contribution < 1.29 is 14.3 Å². The molecule has 0 atom stereocenters. The van der Waals surface area contributed by atoms with Gasteiger partial charge in [0.05, 0.1) is 18.1 Å². The first-order valence-corrected chi connectivity index (χ1v) is 24.3. The maximum atomic E-state index is 12.1. The molecule has 1 aliphatic carbocycles. The van der Waals surface area contributed by atoms with Crippen LogP contribution in [-0.4, -0.2) is 19.5 Å². The SMILES string of the molecule is CCCCCCOc1ccc(N(c2ccc(OCCCCCC)cc2)c2ccc(-c3cc4c(s3)-c3sc(C=O)cc3C4(CCCCCC)CCCCCC)cc2)cc1. The molecule has 58 heavy (non-hydrogen) atoms. The van der Waals surface area contributed by atoms with Crippen LogP contribution in [0.25, 0.3) is 20.2 Å². The molecule has 1 aliphatic rings. The Hall–Kier alpha value is -3.87.